The minimum Gasteiger partial charge on any atom is -0.466 e. The number of hydrogen-bond acceptors (Lipinski definition) is 3. The molecule has 0 radical (unpaired) electrons. The monoisotopic (exact) mass is 186 g/mol. The molecule has 0 N–H and O–H groups in total. The van der Waals surface area contributed by atoms with Crippen LogP contribution < -0.4 is 0 Å². The van der Waals surface area contributed by atoms with Crippen molar-refractivity contribution >= 4 is 5.97 Å². The van der Waals surface area contributed by atoms with Crippen LogP contribution in [0.3, 0.4) is 0 Å². The summed E-state index contributed by atoms with van der Waals surface area (Å²) in [7, 11) is 0. The Kier molecular flexibility index (Phi) is 4.22. The van der Waals surface area contributed by atoms with Crippen LogP contribution in [0.15, 0.2) is 0 Å². The van der Waals surface area contributed by atoms with Gasteiger partial charge < -0.3 is 9.47 Å². The predicted octanol–water partition coefficient (Wildman–Crippen LogP) is 1.90. The van der Waals surface area contributed by atoms with Gasteiger partial charge in [0.15, 0.2) is 0 Å². The van der Waals surface area contributed by atoms with Crippen LogP contribution in [0, 0.1) is 0 Å². The zero-order valence-electron chi connectivity index (χ0n) is 8.41. The van der Waals surface area contributed by atoms with E-state index in [1.54, 1.807) is 6.92 Å². The summed E-state index contributed by atoms with van der Waals surface area (Å²) in [6.07, 6.45) is 6.89. The lowest BCUT2D eigenvalue weighted by atomic mass is 10.0. The molecule has 1 saturated heterocycles. The van der Waals surface area contributed by atoms with Crippen molar-refractivity contribution in [3.63, 3.8) is 0 Å². The van der Waals surface area contributed by atoms with Crippen molar-refractivity contribution in [2.75, 3.05) is 6.61 Å². The third kappa shape index (κ3) is 4.27. The third-order valence-electron chi connectivity index (χ3n) is 2.26. The molecule has 0 bridgehead atoms. The summed E-state index contributed by atoms with van der Waals surface area (Å²) in [6, 6.07) is 0. The maximum absolute atomic E-state index is 9.82. The molecule has 1 aliphatic heterocycles. The van der Waals surface area contributed by atoms with E-state index in [9.17, 15) is 4.79 Å². The average Bonchev–Trinajstić information content (AvgIpc) is 2.82. The van der Waals surface area contributed by atoms with Crippen molar-refractivity contribution < 1.29 is 14.3 Å². The molecule has 0 amide bonds. The standard InChI is InChI=1S/C6H10O.C4H8O2/c1-2-4-6-5(3-1)7-6;1-3-6-4(2)5/h5-6H,1-4H2;3H2,1-2H3. The highest BCUT2D eigenvalue weighted by Crippen LogP contribution is 2.35. The Morgan fingerprint density at radius 1 is 1.38 bits per heavy atom. The SMILES string of the molecule is C1CCC2OC2C1.CCOC(C)=O. The van der Waals surface area contributed by atoms with Gasteiger partial charge in [-0.25, -0.2) is 0 Å². The maximum Gasteiger partial charge on any atom is 0.302 e. The molecule has 3 heteroatoms. The number of carbonyl (C=O) groups excluding carboxylic acids is 1. The van der Waals surface area contributed by atoms with Crippen LogP contribution in [0.1, 0.15) is 39.5 Å². The molecule has 1 saturated carbocycles. The first kappa shape index (κ1) is 10.5. The number of rotatable bonds is 1. The van der Waals surface area contributed by atoms with Crippen molar-refractivity contribution in [1.82, 2.24) is 0 Å². The lowest BCUT2D eigenvalue weighted by Gasteiger charge is -2.00. The maximum atomic E-state index is 9.82. The van der Waals surface area contributed by atoms with Crippen molar-refractivity contribution in [2.24, 2.45) is 0 Å². The number of esters is 1. The summed E-state index contributed by atoms with van der Waals surface area (Å²) in [5.41, 5.74) is 0. The highest BCUT2D eigenvalue weighted by atomic mass is 16.6. The van der Waals surface area contributed by atoms with Gasteiger partial charge in [0.25, 0.3) is 0 Å². The van der Waals surface area contributed by atoms with Gasteiger partial charge in [0.1, 0.15) is 0 Å². The molecular formula is C10H18O3. The minimum atomic E-state index is -0.211. The van der Waals surface area contributed by atoms with Crippen LogP contribution in [-0.4, -0.2) is 24.8 Å². The van der Waals surface area contributed by atoms with Gasteiger partial charge in [-0.1, -0.05) is 12.8 Å². The van der Waals surface area contributed by atoms with Gasteiger partial charge in [0, 0.05) is 6.92 Å². The van der Waals surface area contributed by atoms with Crippen LogP contribution in [0.25, 0.3) is 0 Å². The second-order valence-electron chi connectivity index (χ2n) is 3.42. The van der Waals surface area contributed by atoms with Gasteiger partial charge in [0.2, 0.25) is 0 Å². The summed E-state index contributed by atoms with van der Waals surface area (Å²) >= 11 is 0. The van der Waals surface area contributed by atoms with E-state index in [4.69, 9.17) is 4.74 Å². The molecule has 0 aromatic rings. The van der Waals surface area contributed by atoms with Crippen LogP contribution in [0.5, 0.6) is 0 Å². The first-order valence-electron chi connectivity index (χ1n) is 5.03. The number of epoxide rings is 1. The molecule has 0 aromatic carbocycles. The first-order valence-corrected chi connectivity index (χ1v) is 5.03. The molecule has 3 nitrogen and oxygen atoms in total. The summed E-state index contributed by atoms with van der Waals surface area (Å²) in [4.78, 5) is 9.82. The molecular weight excluding hydrogens is 168 g/mol. The van der Waals surface area contributed by atoms with Crippen LogP contribution >= 0.6 is 0 Å². The fourth-order valence-electron chi connectivity index (χ4n) is 1.58. The van der Waals surface area contributed by atoms with Gasteiger partial charge in [-0.15, -0.1) is 0 Å². The Balaban J connectivity index is 0.000000133. The molecule has 2 aliphatic rings. The van der Waals surface area contributed by atoms with E-state index in [0.29, 0.717) is 18.8 Å². The van der Waals surface area contributed by atoms with Gasteiger partial charge in [-0.2, -0.15) is 0 Å². The van der Waals surface area contributed by atoms with E-state index in [-0.39, 0.29) is 5.97 Å². The summed E-state index contributed by atoms with van der Waals surface area (Å²) in [6.45, 7) is 3.65. The van der Waals surface area contributed by atoms with Crippen molar-refractivity contribution in [3.8, 4) is 0 Å². The number of ether oxygens (including phenoxy) is 2. The molecule has 1 heterocycles. The topological polar surface area (TPSA) is 38.8 Å². The highest BCUT2D eigenvalue weighted by molar-refractivity contribution is 5.65. The summed E-state index contributed by atoms with van der Waals surface area (Å²) < 4.78 is 9.68. The van der Waals surface area contributed by atoms with Gasteiger partial charge in [-0.3, -0.25) is 4.79 Å². The first-order chi connectivity index (χ1) is 6.24. The molecule has 2 rings (SSSR count). The second-order valence-corrected chi connectivity index (χ2v) is 3.42. The van der Waals surface area contributed by atoms with Crippen molar-refractivity contribution in [3.05, 3.63) is 0 Å². The van der Waals surface area contributed by atoms with E-state index in [0.717, 1.165) is 0 Å². The molecule has 2 fully saturated rings. The predicted molar refractivity (Wildman–Crippen MR) is 49.4 cm³/mol. The van der Waals surface area contributed by atoms with Gasteiger partial charge >= 0.3 is 5.97 Å². The molecule has 0 spiro atoms. The van der Waals surface area contributed by atoms with E-state index in [2.05, 4.69) is 4.74 Å². The lowest BCUT2D eigenvalue weighted by Crippen LogP contribution is -2.00. The van der Waals surface area contributed by atoms with Gasteiger partial charge in [0.05, 0.1) is 18.8 Å². The molecule has 2 atom stereocenters. The quantitative estimate of drug-likeness (QED) is 0.463. The van der Waals surface area contributed by atoms with Crippen molar-refractivity contribution in [1.29, 1.82) is 0 Å². The Bertz CT molecular complexity index is 158. The minimum absolute atomic E-state index is 0.211. The van der Waals surface area contributed by atoms with E-state index >= 15 is 0 Å². The van der Waals surface area contributed by atoms with Gasteiger partial charge in [-0.05, 0) is 19.8 Å². The highest BCUT2D eigenvalue weighted by Gasteiger charge is 2.39. The lowest BCUT2D eigenvalue weighted by molar-refractivity contribution is -0.140. The largest absolute Gasteiger partial charge is 0.466 e. The number of fused-ring (bicyclic) bond motifs is 1. The van der Waals surface area contributed by atoms with E-state index in [1.807, 2.05) is 0 Å². The second kappa shape index (κ2) is 5.22. The van der Waals surface area contributed by atoms with E-state index < -0.39 is 0 Å². The molecule has 1 aliphatic carbocycles. The zero-order chi connectivity index (χ0) is 9.68. The number of hydrogen-bond donors (Lipinski definition) is 0. The average molecular weight is 186 g/mol. The van der Waals surface area contributed by atoms with Crippen LogP contribution in [0.4, 0.5) is 0 Å². The van der Waals surface area contributed by atoms with E-state index in [1.165, 1.54) is 32.6 Å². The molecule has 13 heavy (non-hydrogen) atoms. The fraction of sp³-hybridized carbons (Fsp3) is 0.900. The Morgan fingerprint density at radius 2 is 1.92 bits per heavy atom. The Hall–Kier alpha value is -0.570. The molecule has 76 valence electrons. The normalized spacial score (nSPS) is 29.4. The molecule has 2 unspecified atom stereocenters. The Morgan fingerprint density at radius 3 is 2.15 bits per heavy atom. The smallest absolute Gasteiger partial charge is 0.302 e. The zero-order valence-corrected chi connectivity index (χ0v) is 8.41. The number of carbonyl (C=O) groups is 1. The van der Waals surface area contributed by atoms with Crippen molar-refractivity contribution in [2.45, 2.75) is 51.7 Å². The van der Waals surface area contributed by atoms with Crippen LogP contribution in [-0.2, 0) is 14.3 Å². The summed E-state index contributed by atoms with van der Waals surface area (Å²) in [5.74, 6) is -0.211. The van der Waals surface area contributed by atoms with Crippen LogP contribution in [0.2, 0.25) is 0 Å². The fourth-order valence-corrected chi connectivity index (χ4v) is 1.58. The Labute approximate surface area is 79.4 Å². The third-order valence-corrected chi connectivity index (χ3v) is 2.26. The summed E-state index contributed by atoms with van der Waals surface area (Å²) in [5, 5.41) is 0. The molecule has 0 aromatic heterocycles.